The van der Waals surface area contributed by atoms with Crippen molar-refractivity contribution in [3.63, 3.8) is 0 Å². The topological polar surface area (TPSA) is 50.4 Å². The third-order valence-electron chi connectivity index (χ3n) is 2.20. The van der Waals surface area contributed by atoms with Crippen LogP contribution >= 0.6 is 0 Å². The summed E-state index contributed by atoms with van der Waals surface area (Å²) in [6, 6.07) is 2.84. The molecule has 3 heteroatoms. The van der Waals surface area contributed by atoms with Crippen LogP contribution in [0.25, 0.3) is 0 Å². The zero-order chi connectivity index (χ0) is 11.3. The molecule has 15 heavy (non-hydrogen) atoms. The van der Waals surface area contributed by atoms with Gasteiger partial charge in [0.2, 0.25) is 0 Å². The van der Waals surface area contributed by atoms with E-state index in [1.807, 2.05) is 0 Å². The fourth-order valence-corrected chi connectivity index (χ4v) is 1.42. The van der Waals surface area contributed by atoms with E-state index in [9.17, 15) is 9.90 Å². The summed E-state index contributed by atoms with van der Waals surface area (Å²) in [6.07, 6.45) is 5.28. The lowest BCUT2D eigenvalue weighted by atomic mass is 9.89. The van der Waals surface area contributed by atoms with E-state index in [0.29, 0.717) is 18.4 Å². The van der Waals surface area contributed by atoms with E-state index in [2.05, 4.69) is 13.2 Å². The molecule has 1 rings (SSSR count). The Morgan fingerprint density at radius 1 is 1.33 bits per heavy atom. The molecule has 0 amide bonds. The molecule has 1 aromatic heterocycles. The normalized spacial score (nSPS) is 11.0. The van der Waals surface area contributed by atoms with Gasteiger partial charge in [0, 0.05) is 11.6 Å². The van der Waals surface area contributed by atoms with Gasteiger partial charge < -0.3 is 9.52 Å². The van der Waals surface area contributed by atoms with Crippen LogP contribution in [0.4, 0.5) is 0 Å². The predicted octanol–water partition coefficient (Wildman–Crippen LogP) is 1.98. The van der Waals surface area contributed by atoms with Crippen molar-refractivity contribution in [1.29, 1.82) is 0 Å². The van der Waals surface area contributed by atoms with Gasteiger partial charge in [-0.1, -0.05) is 12.2 Å². The molecular weight excluding hydrogens is 192 g/mol. The summed E-state index contributed by atoms with van der Waals surface area (Å²) in [7, 11) is 0. The molecule has 0 unspecified atom stereocenters. The zero-order valence-electron chi connectivity index (χ0n) is 8.48. The second kappa shape index (κ2) is 4.75. The highest BCUT2D eigenvalue weighted by Gasteiger charge is 2.26. The predicted molar refractivity (Wildman–Crippen MR) is 58.5 cm³/mol. The summed E-state index contributed by atoms with van der Waals surface area (Å²) >= 11 is 0. The van der Waals surface area contributed by atoms with Crippen LogP contribution in [-0.4, -0.2) is 5.11 Å². The maximum absolute atomic E-state index is 10.8. The second-order valence-electron chi connectivity index (χ2n) is 3.36. The van der Waals surface area contributed by atoms with Crippen LogP contribution in [0.5, 0.6) is 0 Å². The minimum absolute atomic E-state index is 0.382. The van der Waals surface area contributed by atoms with Crippen molar-refractivity contribution in [1.82, 2.24) is 0 Å². The lowest BCUT2D eigenvalue weighted by Crippen LogP contribution is -2.24. The van der Waals surface area contributed by atoms with Crippen LogP contribution in [0, 0.1) is 0 Å². The average molecular weight is 206 g/mol. The third kappa shape index (κ3) is 2.67. The summed E-state index contributed by atoms with van der Waals surface area (Å²) < 4.78 is 4.71. The summed E-state index contributed by atoms with van der Waals surface area (Å²) in [5.41, 5.74) is -0.957. The smallest absolute Gasteiger partial charge is 0.335 e. The molecule has 0 saturated heterocycles. The summed E-state index contributed by atoms with van der Waals surface area (Å²) in [5.74, 6) is 0. The van der Waals surface area contributed by atoms with Gasteiger partial charge in [0.15, 0.2) is 0 Å². The van der Waals surface area contributed by atoms with E-state index in [4.69, 9.17) is 4.42 Å². The first kappa shape index (κ1) is 11.5. The number of hydrogen-bond acceptors (Lipinski definition) is 3. The lowest BCUT2D eigenvalue weighted by molar-refractivity contribution is 0.0408. The van der Waals surface area contributed by atoms with Gasteiger partial charge in [0.25, 0.3) is 0 Å². The van der Waals surface area contributed by atoms with Crippen molar-refractivity contribution in [3.05, 3.63) is 59.7 Å². The van der Waals surface area contributed by atoms with Gasteiger partial charge in [-0.15, -0.1) is 13.2 Å². The number of aliphatic hydroxyl groups is 1. The molecule has 0 radical (unpaired) electrons. The van der Waals surface area contributed by atoms with Crippen LogP contribution in [-0.2, 0) is 5.60 Å². The quantitative estimate of drug-likeness (QED) is 0.749. The Bertz CT molecular complexity index is 373. The largest absolute Gasteiger partial charge is 0.431 e. The minimum atomic E-state index is -1.08. The summed E-state index contributed by atoms with van der Waals surface area (Å²) in [6.45, 7) is 7.17. The van der Waals surface area contributed by atoms with Crippen LogP contribution in [0.2, 0.25) is 0 Å². The molecule has 0 fully saturated rings. The number of rotatable bonds is 5. The van der Waals surface area contributed by atoms with Crippen molar-refractivity contribution in [2.24, 2.45) is 0 Å². The Hall–Kier alpha value is -1.61. The number of hydrogen-bond donors (Lipinski definition) is 1. The van der Waals surface area contributed by atoms with Crippen molar-refractivity contribution in [3.8, 4) is 0 Å². The van der Waals surface area contributed by atoms with E-state index in [-0.39, 0.29) is 0 Å². The molecule has 0 aromatic carbocycles. The molecule has 0 aliphatic heterocycles. The molecule has 1 N–H and O–H groups in total. The van der Waals surface area contributed by atoms with Crippen molar-refractivity contribution < 1.29 is 9.52 Å². The molecule has 3 nitrogen and oxygen atoms in total. The Kier molecular flexibility index (Phi) is 3.63. The van der Waals surface area contributed by atoms with Gasteiger partial charge in [-0.25, -0.2) is 4.79 Å². The summed E-state index contributed by atoms with van der Waals surface area (Å²) in [4.78, 5) is 10.8. The van der Waals surface area contributed by atoms with Gasteiger partial charge in [0.05, 0.1) is 5.60 Å². The third-order valence-corrected chi connectivity index (χ3v) is 2.20. The van der Waals surface area contributed by atoms with Gasteiger partial charge in [-0.3, -0.25) is 0 Å². The minimum Gasteiger partial charge on any atom is -0.431 e. The van der Waals surface area contributed by atoms with Crippen molar-refractivity contribution >= 4 is 0 Å². The Labute approximate surface area is 88.4 Å². The van der Waals surface area contributed by atoms with Gasteiger partial charge in [0.1, 0.15) is 6.26 Å². The van der Waals surface area contributed by atoms with Crippen LogP contribution in [0.3, 0.4) is 0 Å². The van der Waals surface area contributed by atoms with E-state index < -0.39 is 11.2 Å². The molecule has 80 valence electrons. The van der Waals surface area contributed by atoms with Crippen LogP contribution in [0.15, 0.2) is 52.9 Å². The fraction of sp³-hybridized carbons (Fsp3) is 0.250. The molecule has 0 saturated carbocycles. The maximum atomic E-state index is 10.8. The van der Waals surface area contributed by atoms with Crippen molar-refractivity contribution in [2.75, 3.05) is 0 Å². The highest BCUT2D eigenvalue weighted by molar-refractivity contribution is 5.19. The average Bonchev–Trinajstić information content (AvgIpc) is 2.19. The summed E-state index contributed by atoms with van der Waals surface area (Å²) in [5, 5.41) is 10.3. The van der Waals surface area contributed by atoms with Crippen LogP contribution < -0.4 is 5.63 Å². The second-order valence-corrected chi connectivity index (χ2v) is 3.36. The Morgan fingerprint density at radius 3 is 2.33 bits per heavy atom. The molecule has 0 aliphatic rings. The first-order valence-electron chi connectivity index (χ1n) is 4.66. The Balaban J connectivity index is 3.07. The zero-order valence-corrected chi connectivity index (χ0v) is 8.48. The Morgan fingerprint density at radius 2 is 1.93 bits per heavy atom. The molecule has 0 spiro atoms. The van der Waals surface area contributed by atoms with E-state index in [0.717, 1.165) is 0 Å². The van der Waals surface area contributed by atoms with E-state index in [1.165, 1.54) is 12.3 Å². The van der Waals surface area contributed by atoms with E-state index in [1.54, 1.807) is 18.2 Å². The highest BCUT2D eigenvalue weighted by Crippen LogP contribution is 2.28. The SMILES string of the molecule is C=CCC(O)(CC=C)c1ccc(=O)oc1. The molecular formula is C12H14O3. The van der Waals surface area contributed by atoms with Crippen LogP contribution in [0.1, 0.15) is 18.4 Å². The molecule has 1 heterocycles. The first-order valence-corrected chi connectivity index (χ1v) is 4.66. The maximum Gasteiger partial charge on any atom is 0.335 e. The molecule has 0 bridgehead atoms. The van der Waals surface area contributed by atoms with Gasteiger partial charge in [-0.2, -0.15) is 0 Å². The molecule has 0 atom stereocenters. The highest BCUT2D eigenvalue weighted by atomic mass is 16.4. The first-order chi connectivity index (χ1) is 7.12. The van der Waals surface area contributed by atoms with Gasteiger partial charge in [-0.05, 0) is 18.9 Å². The van der Waals surface area contributed by atoms with E-state index >= 15 is 0 Å². The van der Waals surface area contributed by atoms with Gasteiger partial charge >= 0.3 is 5.63 Å². The fourth-order valence-electron chi connectivity index (χ4n) is 1.42. The van der Waals surface area contributed by atoms with Crippen molar-refractivity contribution in [2.45, 2.75) is 18.4 Å². The standard InChI is InChI=1S/C12H14O3/c1-3-7-12(14,8-4-2)10-5-6-11(13)15-9-10/h3-6,9,14H,1-2,7-8H2. The molecule has 0 aliphatic carbocycles. The molecule has 1 aromatic rings. The monoisotopic (exact) mass is 206 g/mol. The lowest BCUT2D eigenvalue weighted by Gasteiger charge is -2.25.